The van der Waals surface area contributed by atoms with E-state index in [2.05, 4.69) is 16.3 Å². The molecule has 0 aromatic heterocycles. The van der Waals surface area contributed by atoms with Crippen LogP contribution in [-0.2, 0) is 9.57 Å². The molecule has 0 spiro atoms. The van der Waals surface area contributed by atoms with E-state index in [1.54, 1.807) is 38.0 Å². The van der Waals surface area contributed by atoms with Crippen molar-refractivity contribution in [3.05, 3.63) is 29.8 Å². The van der Waals surface area contributed by atoms with Crippen molar-refractivity contribution in [2.75, 3.05) is 44.6 Å². The van der Waals surface area contributed by atoms with Crippen LogP contribution < -0.4 is 5.32 Å². The highest BCUT2D eigenvalue weighted by atomic mass is 16.8. The first-order valence-corrected chi connectivity index (χ1v) is 10.5. The Balaban J connectivity index is 1.41. The fraction of sp³-hybridized carbons (Fsp3) is 0.636. The monoisotopic (exact) mass is 416 g/mol. The molecule has 3 rings (SSSR count). The number of carbonyl (C=O) groups excluding carboxylic acids is 1. The first-order valence-electron chi connectivity index (χ1n) is 10.5. The fourth-order valence-electron chi connectivity index (χ4n) is 4.10. The lowest BCUT2D eigenvalue weighted by Gasteiger charge is -2.47. The number of hydrogen-bond acceptors (Lipinski definition) is 8. The number of benzene rings is 1. The summed E-state index contributed by atoms with van der Waals surface area (Å²) in [6.45, 7) is 9.77. The first-order chi connectivity index (χ1) is 14.2. The second-order valence-corrected chi connectivity index (χ2v) is 9.14. The highest BCUT2D eigenvalue weighted by Gasteiger charge is 2.42. The van der Waals surface area contributed by atoms with E-state index in [1.807, 2.05) is 12.1 Å². The lowest BCUT2D eigenvalue weighted by atomic mass is 9.82. The van der Waals surface area contributed by atoms with Gasteiger partial charge in [-0.2, -0.15) is 5.26 Å². The van der Waals surface area contributed by atoms with Crippen LogP contribution >= 0.6 is 0 Å². The average molecular weight is 417 g/mol. The SMILES string of the molecule is CC(C)(C)OC(=O)ON1CC2CN(CCCNc3ccc(C#N)cc3)CC(C1)C2O. The summed E-state index contributed by atoms with van der Waals surface area (Å²) in [5, 5.41) is 24.4. The van der Waals surface area contributed by atoms with Crippen LogP contribution in [0.15, 0.2) is 24.3 Å². The number of nitriles is 1. The van der Waals surface area contributed by atoms with Gasteiger partial charge in [-0.3, -0.25) is 0 Å². The number of nitrogens with zero attached hydrogens (tertiary/aromatic N) is 3. The summed E-state index contributed by atoms with van der Waals surface area (Å²) >= 11 is 0. The number of aliphatic hydroxyl groups is 1. The van der Waals surface area contributed by atoms with E-state index in [1.165, 1.54) is 0 Å². The quantitative estimate of drug-likeness (QED) is 0.539. The molecule has 2 aliphatic heterocycles. The Morgan fingerprint density at radius 3 is 2.40 bits per heavy atom. The summed E-state index contributed by atoms with van der Waals surface area (Å²) in [5.41, 5.74) is 1.07. The van der Waals surface area contributed by atoms with Gasteiger partial charge in [0.15, 0.2) is 0 Å². The number of piperidine rings is 2. The van der Waals surface area contributed by atoms with Gasteiger partial charge in [0.2, 0.25) is 0 Å². The Morgan fingerprint density at radius 2 is 1.83 bits per heavy atom. The largest absolute Gasteiger partial charge is 0.528 e. The van der Waals surface area contributed by atoms with E-state index in [4.69, 9.17) is 14.8 Å². The first kappa shape index (κ1) is 22.3. The number of ether oxygens (including phenoxy) is 1. The van der Waals surface area contributed by atoms with Crippen molar-refractivity contribution in [1.29, 1.82) is 5.26 Å². The number of fused-ring (bicyclic) bond motifs is 2. The Hall–Kier alpha value is -2.34. The Bertz CT molecular complexity index is 740. The van der Waals surface area contributed by atoms with Crippen LogP contribution in [0.1, 0.15) is 32.8 Å². The van der Waals surface area contributed by atoms with Crippen LogP contribution in [0.5, 0.6) is 0 Å². The molecule has 0 amide bonds. The van der Waals surface area contributed by atoms with Crippen LogP contribution in [0.2, 0.25) is 0 Å². The van der Waals surface area contributed by atoms with E-state index >= 15 is 0 Å². The number of aliphatic hydroxyl groups excluding tert-OH is 1. The Labute approximate surface area is 178 Å². The molecule has 2 unspecified atom stereocenters. The normalized spacial score (nSPS) is 24.7. The minimum atomic E-state index is -0.692. The second-order valence-electron chi connectivity index (χ2n) is 9.14. The van der Waals surface area contributed by atoms with Crippen LogP contribution in [-0.4, -0.2) is 72.2 Å². The average Bonchev–Trinajstić information content (AvgIpc) is 2.65. The minimum Gasteiger partial charge on any atom is -0.427 e. The van der Waals surface area contributed by atoms with Gasteiger partial charge in [-0.15, -0.1) is 5.06 Å². The molecule has 0 saturated carbocycles. The summed E-state index contributed by atoms with van der Waals surface area (Å²) < 4.78 is 5.23. The summed E-state index contributed by atoms with van der Waals surface area (Å²) in [6.07, 6.45) is -0.0765. The predicted molar refractivity (Wildman–Crippen MR) is 113 cm³/mol. The molecule has 8 heteroatoms. The maximum Gasteiger partial charge on any atom is 0.528 e. The molecule has 164 valence electrons. The molecule has 8 nitrogen and oxygen atoms in total. The molecule has 0 radical (unpaired) electrons. The van der Waals surface area contributed by atoms with Crippen LogP contribution in [0.25, 0.3) is 0 Å². The van der Waals surface area contributed by atoms with Gasteiger partial charge in [-0.25, -0.2) is 4.79 Å². The van der Waals surface area contributed by atoms with E-state index in [0.717, 1.165) is 38.3 Å². The highest BCUT2D eigenvalue weighted by molar-refractivity contribution is 5.60. The van der Waals surface area contributed by atoms with Gasteiger partial charge in [-0.05, 0) is 58.0 Å². The number of rotatable bonds is 6. The van der Waals surface area contributed by atoms with Crippen molar-refractivity contribution in [1.82, 2.24) is 9.96 Å². The number of hydroxylamine groups is 2. The molecule has 1 aromatic rings. The molecule has 1 aromatic carbocycles. The van der Waals surface area contributed by atoms with Crippen LogP contribution in [0, 0.1) is 23.2 Å². The van der Waals surface area contributed by atoms with Crippen molar-refractivity contribution in [3.63, 3.8) is 0 Å². The van der Waals surface area contributed by atoms with Gasteiger partial charge in [-0.1, -0.05) is 0 Å². The number of carbonyl (C=O) groups is 1. The third kappa shape index (κ3) is 6.33. The number of anilines is 1. The van der Waals surface area contributed by atoms with E-state index in [0.29, 0.717) is 18.7 Å². The second kappa shape index (κ2) is 9.65. The van der Waals surface area contributed by atoms with Gasteiger partial charge in [0, 0.05) is 50.2 Å². The third-order valence-electron chi connectivity index (χ3n) is 5.42. The molecule has 0 aliphatic carbocycles. The number of hydrogen-bond donors (Lipinski definition) is 2. The maximum absolute atomic E-state index is 11.9. The maximum atomic E-state index is 11.9. The third-order valence-corrected chi connectivity index (χ3v) is 5.42. The zero-order valence-corrected chi connectivity index (χ0v) is 18.0. The van der Waals surface area contributed by atoms with Gasteiger partial charge >= 0.3 is 6.16 Å². The summed E-state index contributed by atoms with van der Waals surface area (Å²) in [7, 11) is 0. The molecule has 2 bridgehead atoms. The minimum absolute atomic E-state index is 0.0476. The lowest BCUT2D eigenvalue weighted by molar-refractivity contribution is -0.203. The van der Waals surface area contributed by atoms with Crippen molar-refractivity contribution in [2.45, 2.75) is 38.9 Å². The standard InChI is InChI=1S/C22H32N4O4/c1-22(2,3)29-21(28)30-26-14-17-12-25(13-18(15-26)20(17)27)10-4-9-24-19-7-5-16(11-23)6-8-19/h5-8,17-18,20,24,27H,4,9-10,12-15H2,1-3H3. The smallest absolute Gasteiger partial charge is 0.427 e. The molecule has 2 fully saturated rings. The van der Waals surface area contributed by atoms with Gasteiger partial charge in [0.1, 0.15) is 5.60 Å². The molecule has 2 N–H and O–H groups in total. The molecule has 2 heterocycles. The topological polar surface area (TPSA) is 98.1 Å². The summed E-state index contributed by atoms with van der Waals surface area (Å²) in [4.78, 5) is 19.7. The Morgan fingerprint density at radius 1 is 1.20 bits per heavy atom. The van der Waals surface area contributed by atoms with Crippen molar-refractivity contribution in [3.8, 4) is 6.07 Å². The molecule has 30 heavy (non-hydrogen) atoms. The zero-order chi connectivity index (χ0) is 21.7. The zero-order valence-electron chi connectivity index (χ0n) is 18.0. The highest BCUT2D eigenvalue weighted by Crippen LogP contribution is 2.29. The molecule has 2 atom stereocenters. The Kier molecular flexibility index (Phi) is 7.19. The van der Waals surface area contributed by atoms with Crippen LogP contribution in [0.3, 0.4) is 0 Å². The van der Waals surface area contributed by atoms with Gasteiger partial charge in [0.05, 0.1) is 17.7 Å². The van der Waals surface area contributed by atoms with Crippen molar-refractivity contribution < 1.29 is 19.5 Å². The lowest BCUT2D eigenvalue weighted by Crippen LogP contribution is -2.60. The van der Waals surface area contributed by atoms with Crippen LogP contribution in [0.4, 0.5) is 10.5 Å². The van der Waals surface area contributed by atoms with Crippen molar-refractivity contribution >= 4 is 11.8 Å². The van der Waals surface area contributed by atoms with E-state index in [9.17, 15) is 9.90 Å². The fourth-order valence-corrected chi connectivity index (χ4v) is 4.10. The number of nitrogens with one attached hydrogen (secondary N) is 1. The summed E-state index contributed by atoms with van der Waals surface area (Å²) in [6, 6.07) is 9.56. The molecule has 2 aliphatic rings. The van der Waals surface area contributed by atoms with E-state index < -0.39 is 11.8 Å². The molecular weight excluding hydrogens is 384 g/mol. The molecular formula is C22H32N4O4. The summed E-state index contributed by atoms with van der Waals surface area (Å²) in [5.74, 6) is 0.0952. The van der Waals surface area contributed by atoms with Gasteiger partial charge < -0.3 is 24.9 Å². The van der Waals surface area contributed by atoms with E-state index in [-0.39, 0.29) is 17.9 Å². The molecule has 2 saturated heterocycles. The number of likely N-dealkylation sites (tertiary alicyclic amines) is 1. The predicted octanol–water partition coefficient (Wildman–Crippen LogP) is 2.45. The van der Waals surface area contributed by atoms with Crippen molar-refractivity contribution in [2.24, 2.45) is 11.8 Å². The van der Waals surface area contributed by atoms with Gasteiger partial charge in [0.25, 0.3) is 0 Å².